The average molecular weight is 426 g/mol. The van der Waals surface area contributed by atoms with E-state index in [0.29, 0.717) is 40.3 Å². The molecule has 0 atom stereocenters. The van der Waals surface area contributed by atoms with Crippen LogP contribution in [0.2, 0.25) is 5.02 Å². The molecule has 1 aromatic carbocycles. The number of aromatic hydroxyl groups is 1. The van der Waals surface area contributed by atoms with Gasteiger partial charge < -0.3 is 20.9 Å². The molecule has 0 spiro atoms. The van der Waals surface area contributed by atoms with Crippen LogP contribution in [-0.4, -0.2) is 33.9 Å². The molecule has 30 heavy (non-hydrogen) atoms. The Bertz CT molecular complexity index is 1220. The van der Waals surface area contributed by atoms with E-state index < -0.39 is 0 Å². The summed E-state index contributed by atoms with van der Waals surface area (Å²) in [7, 11) is 1.93. The number of nitrogens with one attached hydrogen (secondary N) is 1. The van der Waals surface area contributed by atoms with E-state index in [1.165, 1.54) is 0 Å². The molecule has 0 unspecified atom stereocenters. The Labute approximate surface area is 180 Å². The number of nitrogen functional groups attached to an aromatic ring is 1. The molecule has 1 saturated carbocycles. The third kappa shape index (κ3) is 3.04. The minimum absolute atomic E-state index is 0.0110. The van der Waals surface area contributed by atoms with E-state index in [0.717, 1.165) is 24.0 Å². The molecule has 3 aromatic rings. The Morgan fingerprint density at radius 1 is 1.33 bits per heavy atom. The standard InChI is InChI=1S/C22H24ClN5O2/c1-11-8-16(23)18(29)13(3)17(11)28-19(25)15(9-24)14-7-12(2)21(27-20(14)28)30-10-22(26-4)5-6-22/h7-8,26,29H,5-6,10,25H2,1-4H3. The Morgan fingerprint density at radius 2 is 2.03 bits per heavy atom. The van der Waals surface area contributed by atoms with Gasteiger partial charge >= 0.3 is 0 Å². The lowest BCUT2D eigenvalue weighted by Crippen LogP contribution is -2.34. The number of nitriles is 1. The summed E-state index contributed by atoms with van der Waals surface area (Å²) in [6.07, 6.45) is 2.13. The molecule has 1 fully saturated rings. The predicted molar refractivity (Wildman–Crippen MR) is 118 cm³/mol. The number of fused-ring (bicyclic) bond motifs is 1. The zero-order chi connectivity index (χ0) is 21.8. The van der Waals surface area contributed by atoms with Gasteiger partial charge in [-0.05, 0) is 58.4 Å². The fraction of sp³-hybridized carbons (Fsp3) is 0.364. The van der Waals surface area contributed by atoms with E-state index >= 15 is 0 Å². The van der Waals surface area contributed by atoms with Crippen LogP contribution in [0.3, 0.4) is 0 Å². The van der Waals surface area contributed by atoms with Gasteiger partial charge in [0, 0.05) is 16.5 Å². The number of nitrogens with zero attached hydrogens (tertiary/aromatic N) is 3. The van der Waals surface area contributed by atoms with E-state index in [2.05, 4.69) is 11.4 Å². The summed E-state index contributed by atoms with van der Waals surface area (Å²) in [6.45, 7) is 6.06. The Balaban J connectivity index is 1.94. The Kier molecular flexibility index (Phi) is 4.80. The lowest BCUT2D eigenvalue weighted by Gasteiger charge is -2.18. The third-order valence-corrected chi connectivity index (χ3v) is 6.27. The number of phenolic OH excluding ortho intramolecular Hbond substituents is 1. The highest BCUT2D eigenvalue weighted by Gasteiger charge is 2.42. The zero-order valence-electron chi connectivity index (χ0n) is 17.4. The van der Waals surface area contributed by atoms with E-state index in [4.69, 9.17) is 27.1 Å². The number of hydrogen-bond acceptors (Lipinski definition) is 6. The fourth-order valence-corrected chi connectivity index (χ4v) is 4.18. The SMILES string of the molecule is CNC1(COc2nc3c(cc2C)c(C#N)c(N)n3-c2c(C)cc(Cl)c(O)c2C)CC1. The van der Waals surface area contributed by atoms with Gasteiger partial charge in [-0.1, -0.05) is 11.6 Å². The highest BCUT2D eigenvalue weighted by Crippen LogP contribution is 2.40. The number of nitrogens with two attached hydrogens (primary N) is 1. The van der Waals surface area contributed by atoms with Crippen LogP contribution >= 0.6 is 11.6 Å². The summed E-state index contributed by atoms with van der Waals surface area (Å²) >= 11 is 6.13. The first-order valence-electron chi connectivity index (χ1n) is 9.75. The van der Waals surface area contributed by atoms with Gasteiger partial charge in [-0.25, -0.2) is 0 Å². The second-order valence-electron chi connectivity index (χ2n) is 8.01. The number of aryl methyl sites for hydroxylation is 2. The first-order chi connectivity index (χ1) is 14.2. The molecule has 0 amide bonds. The highest BCUT2D eigenvalue weighted by atomic mass is 35.5. The maximum Gasteiger partial charge on any atom is 0.218 e. The number of aromatic nitrogens is 2. The van der Waals surface area contributed by atoms with Crippen molar-refractivity contribution in [3.63, 3.8) is 0 Å². The monoisotopic (exact) mass is 425 g/mol. The minimum atomic E-state index is -0.0229. The number of hydrogen-bond donors (Lipinski definition) is 3. The van der Waals surface area contributed by atoms with E-state index in [1.54, 1.807) is 17.6 Å². The molecular weight excluding hydrogens is 402 g/mol. The third-order valence-electron chi connectivity index (χ3n) is 5.98. The lowest BCUT2D eigenvalue weighted by molar-refractivity contribution is 0.250. The summed E-state index contributed by atoms with van der Waals surface area (Å²) in [5.41, 5.74) is 10.1. The van der Waals surface area contributed by atoms with Crippen LogP contribution in [0, 0.1) is 32.1 Å². The maximum atomic E-state index is 10.4. The molecular formula is C22H24ClN5O2. The van der Waals surface area contributed by atoms with Crippen LogP contribution in [0.5, 0.6) is 11.6 Å². The van der Waals surface area contributed by atoms with Crippen molar-refractivity contribution in [2.45, 2.75) is 39.2 Å². The number of likely N-dealkylation sites (N-methyl/N-ethyl adjacent to an activating group) is 1. The summed E-state index contributed by atoms with van der Waals surface area (Å²) < 4.78 is 7.76. The molecule has 0 aliphatic heterocycles. The largest absolute Gasteiger partial charge is 0.506 e. The number of phenols is 1. The molecule has 1 aliphatic rings. The van der Waals surface area contributed by atoms with Crippen molar-refractivity contribution >= 4 is 28.5 Å². The molecule has 4 rings (SSSR count). The molecule has 156 valence electrons. The van der Waals surface area contributed by atoms with Crippen LogP contribution in [0.4, 0.5) is 5.82 Å². The average Bonchev–Trinajstić information content (AvgIpc) is 3.45. The van der Waals surface area contributed by atoms with Crippen LogP contribution < -0.4 is 15.8 Å². The van der Waals surface area contributed by atoms with Gasteiger partial charge in [-0.2, -0.15) is 10.2 Å². The molecule has 0 radical (unpaired) electrons. The normalized spacial score (nSPS) is 14.7. The van der Waals surface area contributed by atoms with E-state index in [-0.39, 0.29) is 22.1 Å². The van der Waals surface area contributed by atoms with Gasteiger partial charge in [0.15, 0.2) is 5.65 Å². The van der Waals surface area contributed by atoms with Gasteiger partial charge in [-0.15, -0.1) is 0 Å². The van der Waals surface area contributed by atoms with E-state index in [9.17, 15) is 10.4 Å². The Morgan fingerprint density at radius 3 is 2.63 bits per heavy atom. The molecule has 1 aliphatic carbocycles. The molecule has 2 aromatic heterocycles. The number of benzene rings is 1. The first-order valence-corrected chi connectivity index (χ1v) is 10.1. The summed E-state index contributed by atoms with van der Waals surface area (Å²) in [5, 5.41) is 24.4. The second kappa shape index (κ2) is 7.08. The molecule has 2 heterocycles. The van der Waals surface area contributed by atoms with Gasteiger partial charge in [-0.3, -0.25) is 4.57 Å². The van der Waals surface area contributed by atoms with Gasteiger partial charge in [0.05, 0.1) is 16.2 Å². The smallest absolute Gasteiger partial charge is 0.218 e. The Hall–Kier alpha value is -2.95. The van der Waals surface area contributed by atoms with Gasteiger partial charge in [0.1, 0.15) is 29.8 Å². The summed E-state index contributed by atoms with van der Waals surface area (Å²) in [4.78, 5) is 4.75. The van der Waals surface area contributed by atoms with Crippen LogP contribution in [0.1, 0.15) is 35.1 Å². The zero-order valence-corrected chi connectivity index (χ0v) is 18.2. The predicted octanol–water partition coefficient (Wildman–Crippen LogP) is 3.89. The first kappa shape index (κ1) is 20.3. The van der Waals surface area contributed by atoms with Crippen molar-refractivity contribution in [3.8, 4) is 23.4 Å². The molecule has 4 N–H and O–H groups in total. The van der Waals surface area contributed by atoms with Crippen molar-refractivity contribution in [2.75, 3.05) is 19.4 Å². The van der Waals surface area contributed by atoms with Crippen LogP contribution in [-0.2, 0) is 0 Å². The quantitative estimate of drug-likeness (QED) is 0.572. The number of anilines is 1. The molecule has 0 bridgehead atoms. The fourth-order valence-electron chi connectivity index (χ4n) is 3.88. The van der Waals surface area contributed by atoms with Crippen LogP contribution in [0.25, 0.3) is 16.7 Å². The lowest BCUT2D eigenvalue weighted by atomic mass is 10.1. The number of pyridine rings is 1. The van der Waals surface area contributed by atoms with Crippen molar-refractivity contribution < 1.29 is 9.84 Å². The second-order valence-corrected chi connectivity index (χ2v) is 8.41. The van der Waals surface area contributed by atoms with Crippen molar-refractivity contribution in [1.82, 2.24) is 14.9 Å². The number of ether oxygens (including phenoxy) is 1. The number of halogens is 1. The summed E-state index contributed by atoms with van der Waals surface area (Å²) in [6, 6.07) is 5.74. The highest BCUT2D eigenvalue weighted by molar-refractivity contribution is 6.32. The van der Waals surface area contributed by atoms with Crippen LogP contribution in [0.15, 0.2) is 12.1 Å². The van der Waals surface area contributed by atoms with Crippen molar-refractivity contribution in [2.24, 2.45) is 0 Å². The van der Waals surface area contributed by atoms with Gasteiger partial charge in [0.2, 0.25) is 5.88 Å². The minimum Gasteiger partial charge on any atom is -0.506 e. The van der Waals surface area contributed by atoms with Crippen molar-refractivity contribution in [1.29, 1.82) is 5.26 Å². The molecule has 8 heteroatoms. The topological polar surface area (TPSA) is 109 Å². The van der Waals surface area contributed by atoms with E-state index in [1.807, 2.05) is 27.0 Å². The number of rotatable bonds is 5. The molecule has 7 nitrogen and oxygen atoms in total. The maximum absolute atomic E-state index is 10.4. The van der Waals surface area contributed by atoms with Crippen molar-refractivity contribution in [3.05, 3.63) is 39.4 Å². The summed E-state index contributed by atoms with van der Waals surface area (Å²) in [5.74, 6) is 0.740. The molecule has 0 saturated heterocycles. The van der Waals surface area contributed by atoms with Gasteiger partial charge in [0.25, 0.3) is 0 Å².